The summed E-state index contributed by atoms with van der Waals surface area (Å²) < 4.78 is 0. The molecule has 0 saturated heterocycles. The van der Waals surface area contributed by atoms with Crippen molar-refractivity contribution in [2.75, 3.05) is 10.6 Å². The number of carbonyl (C=O) groups excluding carboxylic acids is 2. The second kappa shape index (κ2) is 11.4. The van der Waals surface area contributed by atoms with Crippen LogP contribution < -0.4 is 10.6 Å². The number of hydrogen-bond acceptors (Lipinski definition) is 3. The predicted octanol–water partition coefficient (Wildman–Crippen LogP) is 6.99. The van der Waals surface area contributed by atoms with Crippen LogP contribution in [0.15, 0.2) is 71.6 Å². The minimum Gasteiger partial charge on any atom is -0.326 e. The highest BCUT2D eigenvalue weighted by Crippen LogP contribution is 2.30. The largest absolute Gasteiger partial charge is 0.326 e. The molecule has 2 amide bonds. The Morgan fingerprint density at radius 1 is 0.969 bits per heavy atom. The smallest absolute Gasteiger partial charge is 0.237 e. The van der Waals surface area contributed by atoms with Gasteiger partial charge in [-0.1, -0.05) is 54.4 Å². The summed E-state index contributed by atoms with van der Waals surface area (Å²) in [5.41, 5.74) is 3.13. The van der Waals surface area contributed by atoms with Crippen LogP contribution >= 0.6 is 35.0 Å². The van der Waals surface area contributed by atoms with Gasteiger partial charge in [0.2, 0.25) is 11.8 Å². The maximum Gasteiger partial charge on any atom is 0.237 e. The van der Waals surface area contributed by atoms with E-state index in [0.717, 1.165) is 16.0 Å². The number of halogens is 2. The summed E-state index contributed by atoms with van der Waals surface area (Å²) in [5.74, 6) is -0.198. The zero-order chi connectivity index (χ0) is 23.1. The lowest BCUT2D eigenvalue weighted by atomic mass is 10.1. The molecule has 0 fully saturated rings. The highest BCUT2D eigenvalue weighted by Gasteiger charge is 2.19. The molecule has 0 aliphatic heterocycles. The molecule has 3 aromatic carbocycles. The number of nitrogens with one attached hydrogen (secondary N) is 2. The van der Waals surface area contributed by atoms with Crippen molar-refractivity contribution in [2.45, 2.75) is 36.8 Å². The summed E-state index contributed by atoms with van der Waals surface area (Å²) in [5, 5.41) is 6.87. The average molecular weight is 487 g/mol. The van der Waals surface area contributed by atoms with E-state index in [0.29, 0.717) is 27.8 Å². The predicted molar refractivity (Wildman–Crippen MR) is 135 cm³/mol. The van der Waals surface area contributed by atoms with Crippen LogP contribution in [0.25, 0.3) is 0 Å². The molecule has 4 nitrogen and oxygen atoms in total. The topological polar surface area (TPSA) is 58.2 Å². The fourth-order valence-electron chi connectivity index (χ4n) is 3.08. The minimum atomic E-state index is -0.284. The number of benzene rings is 3. The van der Waals surface area contributed by atoms with E-state index in [1.54, 1.807) is 18.2 Å². The number of hydrogen-bond donors (Lipinski definition) is 2. The third-order valence-electron chi connectivity index (χ3n) is 4.86. The van der Waals surface area contributed by atoms with Gasteiger partial charge in [0.05, 0.1) is 11.7 Å². The summed E-state index contributed by atoms with van der Waals surface area (Å²) in [6, 6.07) is 20.2. The van der Waals surface area contributed by atoms with Crippen LogP contribution in [0.3, 0.4) is 0 Å². The Bertz CT molecular complexity index is 1100. The van der Waals surface area contributed by atoms with Crippen LogP contribution in [0.4, 0.5) is 11.4 Å². The van der Waals surface area contributed by atoms with Gasteiger partial charge in [-0.25, -0.2) is 0 Å². The molecule has 0 heterocycles. The molecule has 7 heteroatoms. The van der Waals surface area contributed by atoms with Crippen molar-refractivity contribution >= 4 is 58.2 Å². The van der Waals surface area contributed by atoms with E-state index in [1.807, 2.05) is 62.4 Å². The monoisotopic (exact) mass is 486 g/mol. The van der Waals surface area contributed by atoms with Crippen molar-refractivity contribution in [3.63, 3.8) is 0 Å². The molecular formula is C25H24Cl2N2O2S. The first kappa shape index (κ1) is 24.2. The first-order chi connectivity index (χ1) is 15.4. The van der Waals surface area contributed by atoms with Gasteiger partial charge >= 0.3 is 0 Å². The molecule has 0 aliphatic rings. The molecule has 0 bridgehead atoms. The highest BCUT2D eigenvalue weighted by atomic mass is 35.5. The van der Waals surface area contributed by atoms with E-state index < -0.39 is 0 Å². The molecule has 0 radical (unpaired) electrons. The van der Waals surface area contributed by atoms with Crippen LogP contribution in [0, 0.1) is 6.92 Å². The number of rotatable bonds is 8. The van der Waals surface area contributed by atoms with Crippen LogP contribution in [0.1, 0.15) is 24.5 Å². The maximum atomic E-state index is 12.8. The molecule has 3 rings (SSSR count). The first-order valence-corrected chi connectivity index (χ1v) is 11.9. The van der Waals surface area contributed by atoms with E-state index in [1.165, 1.54) is 11.8 Å². The van der Waals surface area contributed by atoms with Gasteiger partial charge in [-0.15, -0.1) is 11.8 Å². The van der Waals surface area contributed by atoms with Crippen LogP contribution in [-0.4, -0.2) is 17.1 Å². The van der Waals surface area contributed by atoms with Gasteiger partial charge in [0.1, 0.15) is 0 Å². The Morgan fingerprint density at radius 2 is 1.69 bits per heavy atom. The van der Waals surface area contributed by atoms with Crippen molar-refractivity contribution < 1.29 is 9.59 Å². The zero-order valence-corrected chi connectivity index (χ0v) is 20.2. The van der Waals surface area contributed by atoms with Crippen molar-refractivity contribution in [3.8, 4) is 0 Å². The normalized spacial score (nSPS) is 11.6. The van der Waals surface area contributed by atoms with Crippen molar-refractivity contribution in [1.29, 1.82) is 0 Å². The van der Waals surface area contributed by atoms with Gasteiger partial charge in [-0.2, -0.15) is 0 Å². The first-order valence-electron chi connectivity index (χ1n) is 10.2. The van der Waals surface area contributed by atoms with Crippen LogP contribution in [0.5, 0.6) is 0 Å². The summed E-state index contributed by atoms with van der Waals surface area (Å²) in [7, 11) is 0. The van der Waals surface area contributed by atoms with E-state index in [9.17, 15) is 9.59 Å². The summed E-state index contributed by atoms with van der Waals surface area (Å²) >= 11 is 13.5. The maximum absolute atomic E-state index is 12.8. The van der Waals surface area contributed by atoms with Gasteiger partial charge in [-0.3, -0.25) is 9.59 Å². The van der Waals surface area contributed by atoms with E-state index >= 15 is 0 Å². The molecule has 0 aromatic heterocycles. The lowest BCUT2D eigenvalue weighted by Crippen LogP contribution is -2.25. The molecule has 0 aliphatic carbocycles. The third kappa shape index (κ3) is 6.76. The Labute approximate surface area is 202 Å². The van der Waals surface area contributed by atoms with Gasteiger partial charge in [0.25, 0.3) is 0 Å². The lowest BCUT2D eigenvalue weighted by Gasteiger charge is -2.17. The van der Waals surface area contributed by atoms with Gasteiger partial charge < -0.3 is 10.6 Å². The fraction of sp³-hybridized carbons (Fsp3) is 0.200. The number of thioether (sulfide) groups is 1. The standard InChI is InChI=1S/C25H24Cl2N2O2S/c1-3-23(25(31)29-22-9-5-8-21(27)16(22)2)32-20-7-4-6-19(15-20)28-24(30)14-17-10-12-18(26)13-11-17/h4-13,15,23H,3,14H2,1-2H3,(H,28,30)(H,29,31). The van der Waals surface area contributed by atoms with Gasteiger partial charge in [0.15, 0.2) is 0 Å². The second-order valence-electron chi connectivity index (χ2n) is 7.30. The summed E-state index contributed by atoms with van der Waals surface area (Å²) in [6.45, 7) is 3.85. The molecular weight excluding hydrogens is 463 g/mol. The molecule has 166 valence electrons. The number of anilines is 2. The quantitative estimate of drug-likeness (QED) is 0.337. The zero-order valence-electron chi connectivity index (χ0n) is 17.8. The molecule has 1 atom stereocenters. The Morgan fingerprint density at radius 3 is 2.41 bits per heavy atom. The van der Waals surface area contributed by atoms with E-state index in [-0.39, 0.29) is 23.5 Å². The van der Waals surface area contributed by atoms with Crippen molar-refractivity contribution in [2.24, 2.45) is 0 Å². The SMILES string of the molecule is CCC(Sc1cccc(NC(=O)Cc2ccc(Cl)cc2)c1)C(=O)Nc1cccc(Cl)c1C. The second-order valence-corrected chi connectivity index (χ2v) is 9.42. The van der Waals surface area contributed by atoms with E-state index in [2.05, 4.69) is 10.6 Å². The summed E-state index contributed by atoms with van der Waals surface area (Å²) in [4.78, 5) is 26.2. The number of carbonyl (C=O) groups is 2. The minimum absolute atomic E-state index is 0.0833. The van der Waals surface area contributed by atoms with Crippen LogP contribution in [-0.2, 0) is 16.0 Å². The Hall–Kier alpha value is -2.47. The molecule has 0 saturated carbocycles. The highest BCUT2D eigenvalue weighted by molar-refractivity contribution is 8.00. The van der Waals surface area contributed by atoms with Crippen molar-refractivity contribution in [3.05, 3.63) is 87.9 Å². The molecule has 32 heavy (non-hydrogen) atoms. The Kier molecular flexibility index (Phi) is 8.62. The summed E-state index contributed by atoms with van der Waals surface area (Å²) in [6.07, 6.45) is 0.913. The molecule has 2 N–H and O–H groups in total. The van der Waals surface area contributed by atoms with Crippen molar-refractivity contribution in [1.82, 2.24) is 0 Å². The van der Waals surface area contributed by atoms with Gasteiger partial charge in [0, 0.05) is 26.3 Å². The fourth-order valence-corrected chi connectivity index (χ4v) is 4.40. The third-order valence-corrected chi connectivity index (χ3v) is 6.88. The van der Waals surface area contributed by atoms with Crippen LogP contribution in [0.2, 0.25) is 10.0 Å². The number of amides is 2. The molecule has 3 aromatic rings. The molecule has 0 spiro atoms. The van der Waals surface area contributed by atoms with Gasteiger partial charge in [-0.05, 0) is 66.9 Å². The molecule has 1 unspecified atom stereocenters. The lowest BCUT2D eigenvalue weighted by molar-refractivity contribution is -0.116. The van der Waals surface area contributed by atoms with E-state index in [4.69, 9.17) is 23.2 Å². The average Bonchev–Trinajstić information content (AvgIpc) is 2.77. The Balaban J connectivity index is 1.63.